The highest BCUT2D eigenvalue weighted by Crippen LogP contribution is 2.36. The van der Waals surface area contributed by atoms with Gasteiger partial charge in [0.25, 0.3) is 0 Å². The summed E-state index contributed by atoms with van der Waals surface area (Å²) in [5.41, 5.74) is 2.24. The molecule has 1 aromatic carbocycles. The molecule has 0 unspecified atom stereocenters. The summed E-state index contributed by atoms with van der Waals surface area (Å²) < 4.78 is 0.154. The summed E-state index contributed by atoms with van der Waals surface area (Å²) in [5.74, 6) is 1.54. The number of benzene rings is 1. The summed E-state index contributed by atoms with van der Waals surface area (Å²) in [6, 6.07) is 8.25. The molecule has 0 radical (unpaired) electrons. The molecule has 1 fully saturated rings. The van der Waals surface area contributed by atoms with Crippen LogP contribution in [0.5, 0.6) is 0 Å². The highest BCUT2D eigenvalue weighted by Gasteiger charge is 2.20. The quantitative estimate of drug-likeness (QED) is 0.734. The first-order valence-corrected chi connectivity index (χ1v) is 7.71. The molecule has 1 saturated carbocycles. The smallest absolute Gasteiger partial charge is 0.172 e. The van der Waals surface area contributed by atoms with Gasteiger partial charge in [-0.05, 0) is 30.4 Å². The van der Waals surface area contributed by atoms with Gasteiger partial charge >= 0.3 is 0 Å². The van der Waals surface area contributed by atoms with Crippen LogP contribution in [0.2, 0.25) is 0 Å². The van der Waals surface area contributed by atoms with Crippen LogP contribution in [0, 0.1) is 0 Å². The van der Waals surface area contributed by atoms with Gasteiger partial charge in [-0.25, -0.2) is 0 Å². The van der Waals surface area contributed by atoms with Gasteiger partial charge in [-0.15, -0.1) is 11.8 Å². The SMILES string of the molecule is CC(C)(C)SCC(=O)c1cccc(C2CCC2)c1. The van der Waals surface area contributed by atoms with E-state index in [1.54, 1.807) is 11.8 Å². The lowest BCUT2D eigenvalue weighted by atomic mass is 9.79. The molecule has 98 valence electrons. The molecule has 1 nitrogen and oxygen atoms in total. The summed E-state index contributed by atoms with van der Waals surface area (Å²) in [7, 11) is 0. The molecule has 2 heteroatoms. The first-order valence-electron chi connectivity index (χ1n) is 6.73. The molecular weight excluding hydrogens is 240 g/mol. The number of rotatable bonds is 4. The van der Waals surface area contributed by atoms with Crippen LogP contribution >= 0.6 is 11.8 Å². The lowest BCUT2D eigenvalue weighted by Crippen LogP contribution is -2.14. The highest BCUT2D eigenvalue weighted by molar-refractivity contribution is 8.01. The van der Waals surface area contributed by atoms with E-state index in [-0.39, 0.29) is 10.5 Å². The molecule has 0 spiro atoms. The average molecular weight is 262 g/mol. The Morgan fingerprint density at radius 3 is 2.61 bits per heavy atom. The van der Waals surface area contributed by atoms with E-state index >= 15 is 0 Å². The van der Waals surface area contributed by atoms with Crippen molar-refractivity contribution in [3.8, 4) is 0 Å². The number of Topliss-reactive ketones (excluding diaryl/α,β-unsaturated/α-hetero) is 1. The molecule has 1 aliphatic carbocycles. The normalized spacial score (nSPS) is 16.4. The van der Waals surface area contributed by atoms with E-state index < -0.39 is 0 Å². The van der Waals surface area contributed by atoms with Crippen molar-refractivity contribution < 1.29 is 4.79 Å². The Hall–Kier alpha value is -0.760. The summed E-state index contributed by atoms with van der Waals surface area (Å²) in [6.07, 6.45) is 3.91. The van der Waals surface area contributed by atoms with Crippen molar-refractivity contribution in [3.63, 3.8) is 0 Å². The minimum atomic E-state index is 0.154. The van der Waals surface area contributed by atoms with Gasteiger partial charge in [0.1, 0.15) is 0 Å². The fourth-order valence-corrected chi connectivity index (χ4v) is 2.80. The Bertz CT molecular complexity index is 427. The first kappa shape index (κ1) is 13.7. The van der Waals surface area contributed by atoms with Crippen molar-refractivity contribution >= 4 is 17.5 Å². The molecule has 0 amide bonds. The van der Waals surface area contributed by atoms with Gasteiger partial charge < -0.3 is 0 Å². The van der Waals surface area contributed by atoms with Crippen molar-refractivity contribution in [1.29, 1.82) is 0 Å². The van der Waals surface area contributed by atoms with Gasteiger partial charge in [-0.3, -0.25) is 4.79 Å². The molecule has 0 aromatic heterocycles. The fraction of sp³-hybridized carbons (Fsp3) is 0.562. The molecule has 0 heterocycles. The maximum absolute atomic E-state index is 12.2. The second kappa shape index (κ2) is 5.48. The third kappa shape index (κ3) is 3.61. The number of carbonyl (C=O) groups excluding carboxylic acids is 1. The summed E-state index contributed by atoms with van der Waals surface area (Å²) in [6.45, 7) is 6.45. The molecule has 0 atom stereocenters. The first-order chi connectivity index (χ1) is 8.46. The Morgan fingerprint density at radius 2 is 2.06 bits per heavy atom. The zero-order chi connectivity index (χ0) is 13.2. The van der Waals surface area contributed by atoms with Crippen molar-refractivity contribution in [2.45, 2.75) is 50.7 Å². The van der Waals surface area contributed by atoms with Crippen LogP contribution in [0.4, 0.5) is 0 Å². The molecular formula is C16H22OS. The number of ketones is 1. The van der Waals surface area contributed by atoms with Crippen LogP contribution in [-0.2, 0) is 0 Å². The summed E-state index contributed by atoms with van der Waals surface area (Å²) >= 11 is 1.72. The molecule has 18 heavy (non-hydrogen) atoms. The van der Waals surface area contributed by atoms with Gasteiger partial charge in [-0.2, -0.15) is 0 Å². The van der Waals surface area contributed by atoms with E-state index in [4.69, 9.17) is 0 Å². The lowest BCUT2D eigenvalue weighted by molar-refractivity contribution is 0.102. The predicted molar refractivity (Wildman–Crippen MR) is 79.6 cm³/mol. The van der Waals surface area contributed by atoms with Gasteiger partial charge in [0.15, 0.2) is 5.78 Å². The van der Waals surface area contributed by atoms with E-state index in [0.717, 1.165) is 5.56 Å². The topological polar surface area (TPSA) is 17.1 Å². The minimum absolute atomic E-state index is 0.154. The Morgan fingerprint density at radius 1 is 1.33 bits per heavy atom. The Balaban J connectivity index is 2.01. The molecule has 0 aliphatic heterocycles. The third-order valence-corrected chi connectivity index (χ3v) is 4.69. The molecule has 1 aliphatic rings. The molecule has 0 saturated heterocycles. The van der Waals surface area contributed by atoms with Gasteiger partial charge in [-0.1, -0.05) is 45.4 Å². The van der Waals surface area contributed by atoms with Crippen LogP contribution in [0.3, 0.4) is 0 Å². The molecule has 0 bridgehead atoms. The molecule has 0 N–H and O–H groups in total. The monoisotopic (exact) mass is 262 g/mol. The standard InChI is InChI=1S/C16H22OS/c1-16(2,3)18-11-15(17)14-9-5-8-13(10-14)12-6-4-7-12/h5,8-10,12H,4,6-7,11H2,1-3H3. The highest BCUT2D eigenvalue weighted by atomic mass is 32.2. The average Bonchev–Trinajstić information content (AvgIpc) is 2.23. The third-order valence-electron chi connectivity index (χ3n) is 3.42. The number of carbonyl (C=O) groups is 1. The van der Waals surface area contributed by atoms with E-state index in [1.807, 2.05) is 12.1 Å². The van der Waals surface area contributed by atoms with Crippen molar-refractivity contribution in [3.05, 3.63) is 35.4 Å². The predicted octanol–water partition coefficient (Wildman–Crippen LogP) is 4.67. The zero-order valence-electron chi connectivity index (χ0n) is 11.5. The van der Waals surface area contributed by atoms with Crippen molar-refractivity contribution in [1.82, 2.24) is 0 Å². The van der Waals surface area contributed by atoms with Crippen LogP contribution in [0.25, 0.3) is 0 Å². The largest absolute Gasteiger partial charge is 0.293 e. The van der Waals surface area contributed by atoms with Crippen LogP contribution < -0.4 is 0 Å². The van der Waals surface area contributed by atoms with Crippen molar-refractivity contribution in [2.24, 2.45) is 0 Å². The van der Waals surface area contributed by atoms with Crippen LogP contribution in [-0.4, -0.2) is 16.3 Å². The maximum Gasteiger partial charge on any atom is 0.172 e. The summed E-state index contributed by atoms with van der Waals surface area (Å²) in [5, 5.41) is 0. The van der Waals surface area contributed by atoms with Gasteiger partial charge in [0.2, 0.25) is 0 Å². The second-order valence-electron chi connectivity index (χ2n) is 6.08. The van der Waals surface area contributed by atoms with Crippen LogP contribution in [0.15, 0.2) is 24.3 Å². The van der Waals surface area contributed by atoms with Gasteiger partial charge in [0, 0.05) is 10.3 Å². The van der Waals surface area contributed by atoms with E-state index in [9.17, 15) is 4.79 Å². The minimum Gasteiger partial charge on any atom is -0.293 e. The van der Waals surface area contributed by atoms with Crippen molar-refractivity contribution in [2.75, 3.05) is 5.75 Å². The molecule has 2 rings (SSSR count). The van der Waals surface area contributed by atoms with E-state index in [2.05, 4.69) is 32.9 Å². The van der Waals surface area contributed by atoms with E-state index in [1.165, 1.54) is 24.8 Å². The Kier molecular flexibility index (Phi) is 4.16. The maximum atomic E-state index is 12.2. The van der Waals surface area contributed by atoms with E-state index in [0.29, 0.717) is 11.7 Å². The zero-order valence-corrected chi connectivity index (χ0v) is 12.3. The number of hydrogen-bond donors (Lipinski definition) is 0. The second-order valence-corrected chi connectivity index (χ2v) is 7.88. The number of hydrogen-bond acceptors (Lipinski definition) is 2. The van der Waals surface area contributed by atoms with Gasteiger partial charge in [0.05, 0.1) is 5.75 Å². The fourth-order valence-electron chi connectivity index (χ4n) is 2.07. The lowest BCUT2D eigenvalue weighted by Gasteiger charge is -2.26. The summed E-state index contributed by atoms with van der Waals surface area (Å²) in [4.78, 5) is 12.2. The Labute approximate surface area is 114 Å². The number of thioether (sulfide) groups is 1. The molecule has 1 aromatic rings. The van der Waals surface area contributed by atoms with Crippen LogP contribution in [0.1, 0.15) is 61.9 Å².